The third-order valence-electron chi connectivity index (χ3n) is 3.25. The van der Waals surface area contributed by atoms with Crippen LogP contribution >= 0.6 is 0 Å². The number of Topliss-reactive ketones (excluding diaryl/α,β-unsaturated/α-hetero) is 1. The van der Waals surface area contributed by atoms with Gasteiger partial charge in [0.2, 0.25) is 0 Å². The topological polar surface area (TPSA) is 52.0 Å². The van der Waals surface area contributed by atoms with Gasteiger partial charge in [-0.2, -0.15) is 18.3 Å². The van der Waals surface area contributed by atoms with Crippen LogP contribution in [-0.2, 0) is 12.6 Å². The second-order valence-electron chi connectivity index (χ2n) is 5.38. The molecule has 0 fully saturated rings. The van der Waals surface area contributed by atoms with Gasteiger partial charge in [0.25, 0.3) is 5.56 Å². The summed E-state index contributed by atoms with van der Waals surface area (Å²) < 4.78 is 38.8. The summed E-state index contributed by atoms with van der Waals surface area (Å²) >= 11 is 0. The molecule has 0 aliphatic rings. The van der Waals surface area contributed by atoms with Crippen LogP contribution in [0.25, 0.3) is 0 Å². The normalized spacial score (nSPS) is 11.7. The molecule has 23 heavy (non-hydrogen) atoms. The number of nitrogens with zero attached hydrogens (tertiary/aromatic N) is 2. The fourth-order valence-electron chi connectivity index (χ4n) is 2.04. The van der Waals surface area contributed by atoms with Gasteiger partial charge in [0.1, 0.15) is 0 Å². The van der Waals surface area contributed by atoms with Crippen LogP contribution in [0.3, 0.4) is 0 Å². The highest BCUT2D eigenvalue weighted by Crippen LogP contribution is 2.29. The van der Waals surface area contributed by atoms with E-state index < -0.39 is 11.7 Å². The molecule has 2 rings (SSSR count). The summed E-state index contributed by atoms with van der Waals surface area (Å²) in [5.41, 5.74) is -0.517. The molecule has 0 N–H and O–H groups in total. The second kappa shape index (κ2) is 6.36. The SMILES string of the molecule is CC(C)n1nc(CC(=O)c2ccc(C(F)(F)F)cc2)ccc1=O. The number of carbonyl (C=O) groups excluding carboxylic acids is 1. The molecule has 1 heterocycles. The minimum Gasteiger partial charge on any atom is -0.294 e. The van der Waals surface area contributed by atoms with E-state index in [0.717, 1.165) is 24.3 Å². The minimum atomic E-state index is -4.43. The van der Waals surface area contributed by atoms with E-state index >= 15 is 0 Å². The largest absolute Gasteiger partial charge is 0.416 e. The Morgan fingerprint density at radius 3 is 2.26 bits per heavy atom. The Balaban J connectivity index is 2.19. The predicted octanol–water partition coefficient (Wildman–Crippen LogP) is 3.27. The predicted molar refractivity (Wildman–Crippen MR) is 78.4 cm³/mol. The number of benzene rings is 1. The van der Waals surface area contributed by atoms with Gasteiger partial charge >= 0.3 is 6.18 Å². The molecule has 122 valence electrons. The Labute approximate surface area is 130 Å². The van der Waals surface area contributed by atoms with Crippen molar-refractivity contribution in [3.8, 4) is 0 Å². The van der Waals surface area contributed by atoms with Gasteiger partial charge in [0.05, 0.1) is 23.7 Å². The lowest BCUT2D eigenvalue weighted by atomic mass is 10.0. The fourth-order valence-corrected chi connectivity index (χ4v) is 2.04. The van der Waals surface area contributed by atoms with Crippen molar-refractivity contribution in [2.75, 3.05) is 0 Å². The van der Waals surface area contributed by atoms with Crippen LogP contribution in [0.5, 0.6) is 0 Å². The summed E-state index contributed by atoms with van der Waals surface area (Å²) in [6.07, 6.45) is -4.52. The molecule has 0 atom stereocenters. The highest BCUT2D eigenvalue weighted by Gasteiger charge is 2.30. The molecular formula is C16H15F3N2O2. The molecule has 0 bridgehead atoms. The fraction of sp³-hybridized carbons (Fsp3) is 0.312. The van der Waals surface area contributed by atoms with Crippen molar-refractivity contribution in [3.05, 3.63) is 63.6 Å². The van der Waals surface area contributed by atoms with Gasteiger partial charge in [0, 0.05) is 11.6 Å². The van der Waals surface area contributed by atoms with E-state index in [-0.39, 0.29) is 29.4 Å². The van der Waals surface area contributed by atoms with Crippen LogP contribution in [0.15, 0.2) is 41.2 Å². The van der Waals surface area contributed by atoms with E-state index in [1.165, 1.54) is 16.8 Å². The molecule has 0 radical (unpaired) electrons. The van der Waals surface area contributed by atoms with E-state index in [0.29, 0.717) is 5.69 Å². The Kier molecular flexibility index (Phi) is 4.68. The smallest absolute Gasteiger partial charge is 0.294 e. The van der Waals surface area contributed by atoms with E-state index in [1.807, 2.05) is 0 Å². The third kappa shape index (κ3) is 4.06. The quantitative estimate of drug-likeness (QED) is 0.811. The van der Waals surface area contributed by atoms with E-state index in [4.69, 9.17) is 0 Å². The summed E-state index contributed by atoms with van der Waals surface area (Å²) in [7, 11) is 0. The molecule has 0 aliphatic heterocycles. The van der Waals surface area contributed by atoms with Crippen molar-refractivity contribution in [3.63, 3.8) is 0 Å². The maximum atomic E-state index is 12.5. The highest BCUT2D eigenvalue weighted by molar-refractivity contribution is 5.97. The zero-order chi connectivity index (χ0) is 17.2. The number of carbonyl (C=O) groups is 1. The maximum absolute atomic E-state index is 12.5. The van der Waals surface area contributed by atoms with Crippen LogP contribution in [0.4, 0.5) is 13.2 Å². The average molecular weight is 324 g/mol. The minimum absolute atomic E-state index is 0.0850. The lowest BCUT2D eigenvalue weighted by molar-refractivity contribution is -0.137. The van der Waals surface area contributed by atoms with Crippen LogP contribution in [0, 0.1) is 0 Å². The molecule has 4 nitrogen and oxygen atoms in total. The van der Waals surface area contributed by atoms with Crippen LogP contribution < -0.4 is 5.56 Å². The maximum Gasteiger partial charge on any atom is 0.416 e. The monoisotopic (exact) mass is 324 g/mol. The van der Waals surface area contributed by atoms with Crippen molar-refractivity contribution in [2.24, 2.45) is 0 Å². The first-order valence-corrected chi connectivity index (χ1v) is 6.97. The zero-order valence-electron chi connectivity index (χ0n) is 12.6. The first-order chi connectivity index (χ1) is 10.7. The number of hydrogen-bond donors (Lipinski definition) is 0. The Morgan fingerprint density at radius 2 is 1.74 bits per heavy atom. The summed E-state index contributed by atoms with van der Waals surface area (Å²) in [4.78, 5) is 23.7. The van der Waals surface area contributed by atoms with Gasteiger partial charge in [-0.1, -0.05) is 12.1 Å². The molecule has 0 aliphatic carbocycles. The van der Waals surface area contributed by atoms with Crippen molar-refractivity contribution >= 4 is 5.78 Å². The number of hydrogen-bond acceptors (Lipinski definition) is 3. The number of halogens is 3. The molecule has 2 aromatic rings. The van der Waals surface area contributed by atoms with Gasteiger partial charge in [-0.25, -0.2) is 4.68 Å². The first kappa shape index (κ1) is 16.9. The molecule has 0 amide bonds. The summed E-state index contributed by atoms with van der Waals surface area (Å²) in [6.45, 7) is 3.58. The molecule has 7 heteroatoms. The number of rotatable bonds is 4. The van der Waals surface area contributed by atoms with Gasteiger partial charge < -0.3 is 0 Å². The average Bonchev–Trinajstić information content (AvgIpc) is 2.48. The van der Waals surface area contributed by atoms with E-state index in [1.54, 1.807) is 13.8 Å². The van der Waals surface area contributed by atoms with Crippen molar-refractivity contribution in [1.29, 1.82) is 0 Å². The number of alkyl halides is 3. The lowest BCUT2D eigenvalue weighted by Gasteiger charge is -2.10. The first-order valence-electron chi connectivity index (χ1n) is 6.97. The van der Waals surface area contributed by atoms with E-state index in [9.17, 15) is 22.8 Å². The Bertz CT molecular complexity index is 762. The molecule has 0 unspecified atom stereocenters. The molecule has 0 saturated carbocycles. The molecule has 0 saturated heterocycles. The standard InChI is InChI=1S/C16H15F3N2O2/c1-10(2)21-15(23)8-7-13(20-21)9-14(22)11-3-5-12(6-4-11)16(17,18)19/h3-8,10H,9H2,1-2H3. The van der Waals surface area contributed by atoms with Gasteiger partial charge in [0.15, 0.2) is 5.78 Å². The van der Waals surface area contributed by atoms with Crippen LogP contribution in [-0.4, -0.2) is 15.6 Å². The third-order valence-corrected chi connectivity index (χ3v) is 3.25. The Hall–Kier alpha value is -2.44. The zero-order valence-corrected chi connectivity index (χ0v) is 12.6. The number of aromatic nitrogens is 2. The summed E-state index contributed by atoms with van der Waals surface area (Å²) in [6, 6.07) is 6.65. The summed E-state index contributed by atoms with van der Waals surface area (Å²) in [5, 5.41) is 4.10. The number of ketones is 1. The van der Waals surface area contributed by atoms with Crippen molar-refractivity contribution < 1.29 is 18.0 Å². The lowest BCUT2D eigenvalue weighted by Crippen LogP contribution is -2.25. The van der Waals surface area contributed by atoms with E-state index in [2.05, 4.69) is 5.10 Å². The molecule has 0 spiro atoms. The van der Waals surface area contributed by atoms with Gasteiger partial charge in [-0.15, -0.1) is 0 Å². The highest BCUT2D eigenvalue weighted by atomic mass is 19.4. The Morgan fingerprint density at radius 1 is 1.13 bits per heavy atom. The van der Waals surface area contributed by atoms with Gasteiger partial charge in [-0.3, -0.25) is 9.59 Å². The van der Waals surface area contributed by atoms with Crippen LogP contribution in [0.1, 0.15) is 41.5 Å². The van der Waals surface area contributed by atoms with Crippen LogP contribution in [0.2, 0.25) is 0 Å². The molecule has 1 aromatic carbocycles. The summed E-state index contributed by atoms with van der Waals surface area (Å²) in [5.74, 6) is -0.361. The molecular weight excluding hydrogens is 309 g/mol. The van der Waals surface area contributed by atoms with Gasteiger partial charge in [-0.05, 0) is 32.0 Å². The molecule has 1 aromatic heterocycles. The van der Waals surface area contributed by atoms with Crippen molar-refractivity contribution in [2.45, 2.75) is 32.5 Å². The van der Waals surface area contributed by atoms with Crippen molar-refractivity contribution in [1.82, 2.24) is 9.78 Å². The second-order valence-corrected chi connectivity index (χ2v) is 5.38.